The van der Waals surface area contributed by atoms with Crippen molar-refractivity contribution < 1.29 is 14.4 Å². The lowest BCUT2D eigenvalue weighted by molar-refractivity contribution is -0.140. The number of fused-ring (bicyclic) bond motifs is 1. The largest absolute Gasteiger partial charge is 0.350 e. The predicted octanol–water partition coefficient (Wildman–Crippen LogP) is 2.70. The Morgan fingerprint density at radius 2 is 1.79 bits per heavy atom. The van der Waals surface area contributed by atoms with E-state index in [1.165, 1.54) is 0 Å². The highest BCUT2D eigenvalue weighted by molar-refractivity contribution is 6.07. The topological polar surface area (TPSA) is 90.5 Å². The Labute approximate surface area is 196 Å². The first-order valence-corrected chi connectivity index (χ1v) is 11.7. The Morgan fingerprint density at radius 3 is 2.48 bits per heavy atom. The summed E-state index contributed by atoms with van der Waals surface area (Å²) >= 11 is 0. The molecule has 178 valence electrons. The van der Waals surface area contributed by atoms with Crippen molar-refractivity contribution in [3.05, 3.63) is 48.0 Å². The van der Waals surface area contributed by atoms with E-state index in [2.05, 4.69) is 16.0 Å². The van der Waals surface area contributed by atoms with Crippen molar-refractivity contribution in [1.82, 2.24) is 20.9 Å². The van der Waals surface area contributed by atoms with Crippen LogP contribution in [0.3, 0.4) is 0 Å². The van der Waals surface area contributed by atoms with Crippen molar-refractivity contribution in [2.24, 2.45) is 5.41 Å². The van der Waals surface area contributed by atoms with Gasteiger partial charge < -0.3 is 20.9 Å². The van der Waals surface area contributed by atoms with Gasteiger partial charge in [-0.2, -0.15) is 0 Å². The van der Waals surface area contributed by atoms with E-state index >= 15 is 0 Å². The molecule has 0 aliphatic carbocycles. The summed E-state index contributed by atoms with van der Waals surface area (Å²) in [5.41, 5.74) is 0.185. The maximum Gasteiger partial charge on any atom is 0.251 e. The smallest absolute Gasteiger partial charge is 0.251 e. The van der Waals surface area contributed by atoms with Gasteiger partial charge in [0.25, 0.3) is 5.91 Å². The molecule has 1 fully saturated rings. The zero-order chi connectivity index (χ0) is 24.2. The number of benzene rings is 2. The van der Waals surface area contributed by atoms with E-state index in [0.717, 1.165) is 23.6 Å². The summed E-state index contributed by atoms with van der Waals surface area (Å²) in [6, 6.07) is 12.4. The van der Waals surface area contributed by atoms with Gasteiger partial charge in [0.15, 0.2) is 0 Å². The van der Waals surface area contributed by atoms with Gasteiger partial charge in [-0.3, -0.25) is 14.4 Å². The summed E-state index contributed by atoms with van der Waals surface area (Å²) in [7, 11) is 1.72. The van der Waals surface area contributed by atoms with E-state index in [9.17, 15) is 14.4 Å². The van der Waals surface area contributed by atoms with Gasteiger partial charge >= 0.3 is 0 Å². The molecule has 33 heavy (non-hydrogen) atoms. The molecule has 2 aromatic rings. The first kappa shape index (κ1) is 24.7. The quantitative estimate of drug-likeness (QED) is 0.603. The van der Waals surface area contributed by atoms with E-state index in [0.29, 0.717) is 18.7 Å². The molecule has 0 unspecified atom stereocenters. The molecule has 3 atom stereocenters. The monoisotopic (exact) mass is 452 g/mol. The molecule has 0 saturated carbocycles. The van der Waals surface area contributed by atoms with Crippen LogP contribution in [-0.4, -0.2) is 60.9 Å². The SMILES string of the molecule is CN[C@@H](C)C(=O)N[C@H](C(=O)N1CCC[C@H]1CNC(=O)c1cccc2ccccc12)C(C)(C)C. The predicted molar refractivity (Wildman–Crippen MR) is 131 cm³/mol. The number of hydrogen-bond acceptors (Lipinski definition) is 4. The molecule has 1 heterocycles. The van der Waals surface area contributed by atoms with Crippen LogP contribution in [0.4, 0.5) is 0 Å². The molecule has 2 aromatic carbocycles. The third-order valence-electron chi connectivity index (χ3n) is 6.42. The Balaban J connectivity index is 1.70. The zero-order valence-corrected chi connectivity index (χ0v) is 20.3. The average Bonchev–Trinajstić information content (AvgIpc) is 3.27. The van der Waals surface area contributed by atoms with Crippen LogP contribution in [0.15, 0.2) is 42.5 Å². The molecule has 1 aliphatic heterocycles. The third kappa shape index (κ3) is 5.71. The van der Waals surface area contributed by atoms with Crippen LogP contribution in [0, 0.1) is 5.41 Å². The van der Waals surface area contributed by atoms with E-state index in [1.807, 2.05) is 68.1 Å². The Bertz CT molecular complexity index is 1010. The van der Waals surface area contributed by atoms with Gasteiger partial charge in [0.1, 0.15) is 6.04 Å². The van der Waals surface area contributed by atoms with E-state index in [1.54, 1.807) is 14.0 Å². The average molecular weight is 453 g/mol. The third-order valence-corrected chi connectivity index (χ3v) is 6.42. The van der Waals surface area contributed by atoms with Gasteiger partial charge in [0, 0.05) is 24.7 Å². The number of rotatable bonds is 7. The number of nitrogens with zero attached hydrogens (tertiary/aromatic N) is 1. The fourth-order valence-corrected chi connectivity index (χ4v) is 4.28. The van der Waals surface area contributed by atoms with Crippen molar-refractivity contribution in [2.45, 2.75) is 58.7 Å². The lowest BCUT2D eigenvalue weighted by atomic mass is 9.85. The van der Waals surface area contributed by atoms with E-state index < -0.39 is 17.5 Å². The summed E-state index contributed by atoms with van der Waals surface area (Å²) in [5, 5.41) is 10.8. The number of likely N-dealkylation sites (tertiary alicyclic amines) is 1. The minimum atomic E-state index is -0.643. The van der Waals surface area contributed by atoms with Crippen LogP contribution in [0.1, 0.15) is 50.9 Å². The van der Waals surface area contributed by atoms with Gasteiger partial charge in [-0.1, -0.05) is 57.2 Å². The highest BCUT2D eigenvalue weighted by Crippen LogP contribution is 2.26. The van der Waals surface area contributed by atoms with E-state index in [4.69, 9.17) is 0 Å². The van der Waals surface area contributed by atoms with Gasteiger partial charge in [-0.05, 0) is 49.1 Å². The van der Waals surface area contributed by atoms with Crippen LogP contribution >= 0.6 is 0 Å². The Morgan fingerprint density at radius 1 is 1.09 bits per heavy atom. The second-order valence-electron chi connectivity index (χ2n) is 9.88. The highest BCUT2D eigenvalue weighted by atomic mass is 16.2. The molecular weight excluding hydrogens is 416 g/mol. The van der Waals surface area contributed by atoms with Crippen molar-refractivity contribution in [3.8, 4) is 0 Å². The van der Waals surface area contributed by atoms with Gasteiger partial charge in [-0.25, -0.2) is 0 Å². The number of carbonyl (C=O) groups excluding carboxylic acids is 3. The van der Waals surface area contributed by atoms with Crippen molar-refractivity contribution >= 4 is 28.5 Å². The summed E-state index contributed by atoms with van der Waals surface area (Å²) in [5.74, 6) is -0.443. The Hall–Kier alpha value is -2.93. The molecule has 0 aromatic heterocycles. The molecule has 0 spiro atoms. The molecule has 0 bridgehead atoms. The van der Waals surface area contributed by atoms with Crippen molar-refractivity contribution in [1.29, 1.82) is 0 Å². The van der Waals surface area contributed by atoms with Crippen molar-refractivity contribution in [3.63, 3.8) is 0 Å². The standard InChI is InChI=1S/C26H36N4O3/c1-17(27-5)23(31)29-22(26(2,3)4)25(33)30-15-9-12-19(30)16-28-24(32)21-14-8-11-18-10-6-7-13-20(18)21/h6-8,10-11,13-14,17,19,22,27H,9,12,15-16H2,1-5H3,(H,28,32)(H,29,31)/t17-,19-,22+/m0/s1. The zero-order valence-electron chi connectivity index (χ0n) is 20.3. The first-order valence-electron chi connectivity index (χ1n) is 11.7. The molecule has 3 N–H and O–H groups in total. The molecule has 1 aliphatic rings. The molecule has 3 rings (SSSR count). The number of hydrogen-bond donors (Lipinski definition) is 3. The lowest BCUT2D eigenvalue weighted by Gasteiger charge is -2.36. The van der Waals surface area contributed by atoms with E-state index in [-0.39, 0.29) is 23.8 Å². The maximum atomic E-state index is 13.5. The molecule has 7 heteroatoms. The van der Waals surface area contributed by atoms with Gasteiger partial charge in [-0.15, -0.1) is 0 Å². The minimum absolute atomic E-state index is 0.0962. The van der Waals surface area contributed by atoms with Gasteiger partial charge in [0.2, 0.25) is 11.8 Å². The van der Waals surface area contributed by atoms with Crippen LogP contribution in [0.25, 0.3) is 10.8 Å². The van der Waals surface area contributed by atoms with Crippen LogP contribution in [0.2, 0.25) is 0 Å². The molecule has 3 amide bonds. The lowest BCUT2D eigenvalue weighted by Crippen LogP contribution is -2.59. The number of amides is 3. The van der Waals surface area contributed by atoms with Crippen LogP contribution in [0.5, 0.6) is 0 Å². The maximum absolute atomic E-state index is 13.5. The summed E-state index contributed by atoms with van der Waals surface area (Å²) in [6.45, 7) is 8.62. The fraction of sp³-hybridized carbons (Fsp3) is 0.500. The molecule has 7 nitrogen and oxygen atoms in total. The van der Waals surface area contributed by atoms with Crippen molar-refractivity contribution in [2.75, 3.05) is 20.1 Å². The normalized spacial score (nSPS) is 18.1. The first-order chi connectivity index (χ1) is 15.6. The van der Waals surface area contributed by atoms with Crippen LogP contribution < -0.4 is 16.0 Å². The summed E-state index contributed by atoms with van der Waals surface area (Å²) < 4.78 is 0. The summed E-state index contributed by atoms with van der Waals surface area (Å²) in [6.07, 6.45) is 1.69. The number of nitrogens with one attached hydrogen (secondary N) is 3. The fourth-order valence-electron chi connectivity index (χ4n) is 4.28. The second kappa shape index (κ2) is 10.3. The number of carbonyl (C=O) groups is 3. The Kier molecular flexibility index (Phi) is 7.74. The van der Waals surface area contributed by atoms with Crippen LogP contribution in [-0.2, 0) is 9.59 Å². The number of likely N-dealkylation sites (N-methyl/N-ethyl adjacent to an activating group) is 1. The molecule has 0 radical (unpaired) electrons. The highest BCUT2D eigenvalue weighted by Gasteiger charge is 2.40. The van der Waals surface area contributed by atoms with Gasteiger partial charge in [0.05, 0.1) is 6.04 Å². The minimum Gasteiger partial charge on any atom is -0.350 e. The second-order valence-corrected chi connectivity index (χ2v) is 9.88. The molecular formula is C26H36N4O3. The summed E-state index contributed by atoms with van der Waals surface area (Å²) in [4.78, 5) is 40.8. The molecule has 1 saturated heterocycles.